The quantitative estimate of drug-likeness (QED) is 0.765. The zero-order chi connectivity index (χ0) is 16.8. The standard InChI is InChI=1S/C16H21N3O4/c1-4-14(15(20)23-12(2)3)19(10-13-6-5-9-22-13)16(21)18-8-7-17-11-18/h5-9,11-12,14H,4,10H2,1-3H3. The summed E-state index contributed by atoms with van der Waals surface area (Å²) in [7, 11) is 0. The van der Waals surface area contributed by atoms with Gasteiger partial charge in [0.15, 0.2) is 0 Å². The Balaban J connectivity index is 2.27. The van der Waals surface area contributed by atoms with E-state index in [0.717, 1.165) is 0 Å². The van der Waals surface area contributed by atoms with Crippen molar-refractivity contribution in [1.82, 2.24) is 14.5 Å². The summed E-state index contributed by atoms with van der Waals surface area (Å²) in [5.74, 6) is 0.164. The van der Waals surface area contributed by atoms with Crippen LogP contribution < -0.4 is 0 Å². The summed E-state index contributed by atoms with van der Waals surface area (Å²) in [4.78, 5) is 30.4. The monoisotopic (exact) mass is 319 g/mol. The number of carbonyl (C=O) groups is 2. The first-order chi connectivity index (χ1) is 11.0. The molecule has 0 N–H and O–H groups in total. The molecule has 2 aromatic heterocycles. The molecule has 0 spiro atoms. The molecule has 1 atom stereocenters. The lowest BCUT2D eigenvalue weighted by Crippen LogP contribution is -2.47. The predicted octanol–water partition coefficient (Wildman–Crippen LogP) is 2.68. The topological polar surface area (TPSA) is 77.6 Å². The van der Waals surface area contributed by atoms with Gasteiger partial charge in [-0.3, -0.25) is 4.57 Å². The van der Waals surface area contributed by atoms with Gasteiger partial charge in [0.1, 0.15) is 18.1 Å². The highest BCUT2D eigenvalue weighted by Crippen LogP contribution is 2.15. The van der Waals surface area contributed by atoms with Crippen LogP contribution in [0.15, 0.2) is 41.5 Å². The van der Waals surface area contributed by atoms with Gasteiger partial charge in [-0.25, -0.2) is 14.6 Å². The second kappa shape index (κ2) is 7.62. The molecule has 124 valence electrons. The van der Waals surface area contributed by atoms with Gasteiger partial charge in [-0.1, -0.05) is 6.92 Å². The van der Waals surface area contributed by atoms with Gasteiger partial charge in [0.05, 0.1) is 18.9 Å². The van der Waals surface area contributed by atoms with Crippen molar-refractivity contribution < 1.29 is 18.7 Å². The van der Waals surface area contributed by atoms with Gasteiger partial charge in [-0.2, -0.15) is 0 Å². The first kappa shape index (κ1) is 16.8. The number of ether oxygens (including phenoxy) is 1. The Morgan fingerprint density at radius 3 is 2.74 bits per heavy atom. The molecule has 0 aliphatic carbocycles. The Labute approximate surface area is 134 Å². The summed E-state index contributed by atoms with van der Waals surface area (Å²) < 4.78 is 11.9. The molecule has 0 radical (unpaired) electrons. The van der Waals surface area contributed by atoms with Crippen LogP contribution in [0, 0.1) is 0 Å². The summed E-state index contributed by atoms with van der Waals surface area (Å²) in [5, 5.41) is 0. The molecule has 0 aromatic carbocycles. The van der Waals surface area contributed by atoms with E-state index in [1.54, 1.807) is 26.0 Å². The molecule has 0 bridgehead atoms. The van der Waals surface area contributed by atoms with Crippen LogP contribution in [0.5, 0.6) is 0 Å². The second-order valence-corrected chi connectivity index (χ2v) is 5.37. The van der Waals surface area contributed by atoms with E-state index in [1.165, 1.54) is 34.5 Å². The number of aromatic nitrogens is 2. The Bertz CT molecular complexity index is 620. The van der Waals surface area contributed by atoms with Gasteiger partial charge in [-0.15, -0.1) is 0 Å². The highest BCUT2D eigenvalue weighted by molar-refractivity contribution is 5.84. The zero-order valence-corrected chi connectivity index (χ0v) is 13.5. The average Bonchev–Trinajstić information content (AvgIpc) is 3.19. The van der Waals surface area contributed by atoms with E-state index in [1.807, 2.05) is 6.92 Å². The largest absolute Gasteiger partial charge is 0.467 e. The second-order valence-electron chi connectivity index (χ2n) is 5.37. The maximum Gasteiger partial charge on any atom is 0.330 e. The van der Waals surface area contributed by atoms with Crippen molar-refractivity contribution in [2.24, 2.45) is 0 Å². The van der Waals surface area contributed by atoms with Gasteiger partial charge in [0.25, 0.3) is 0 Å². The minimum absolute atomic E-state index is 0.176. The van der Waals surface area contributed by atoms with Crippen LogP contribution in [0.1, 0.15) is 33.0 Å². The molecule has 2 rings (SSSR count). The number of imidazole rings is 1. The normalized spacial score (nSPS) is 12.2. The fraction of sp³-hybridized carbons (Fsp3) is 0.438. The molecule has 0 saturated carbocycles. The third-order valence-corrected chi connectivity index (χ3v) is 3.26. The molecule has 2 heterocycles. The van der Waals surface area contributed by atoms with Gasteiger partial charge in [0, 0.05) is 12.4 Å². The molecular formula is C16H21N3O4. The maximum absolute atomic E-state index is 12.7. The van der Waals surface area contributed by atoms with Crippen molar-refractivity contribution in [2.45, 2.75) is 45.9 Å². The van der Waals surface area contributed by atoms with Gasteiger partial charge in [0.2, 0.25) is 0 Å². The molecule has 0 aliphatic rings. The van der Waals surface area contributed by atoms with Crippen molar-refractivity contribution in [3.63, 3.8) is 0 Å². The fourth-order valence-electron chi connectivity index (χ4n) is 2.23. The molecule has 1 unspecified atom stereocenters. The summed E-state index contributed by atoms with van der Waals surface area (Å²) in [6, 6.07) is 2.45. The lowest BCUT2D eigenvalue weighted by atomic mass is 10.2. The molecule has 1 amide bonds. The molecule has 0 aliphatic heterocycles. The third-order valence-electron chi connectivity index (χ3n) is 3.26. The van der Waals surface area contributed by atoms with Crippen molar-refractivity contribution in [3.8, 4) is 0 Å². The van der Waals surface area contributed by atoms with E-state index in [-0.39, 0.29) is 18.7 Å². The third kappa shape index (κ3) is 4.21. The van der Waals surface area contributed by atoms with Crippen LogP contribution >= 0.6 is 0 Å². The summed E-state index contributed by atoms with van der Waals surface area (Å²) in [5.41, 5.74) is 0. The number of rotatable bonds is 6. The minimum Gasteiger partial charge on any atom is -0.467 e. The number of hydrogen-bond acceptors (Lipinski definition) is 5. The van der Waals surface area contributed by atoms with Crippen molar-refractivity contribution in [1.29, 1.82) is 0 Å². The first-order valence-electron chi connectivity index (χ1n) is 7.54. The number of hydrogen-bond donors (Lipinski definition) is 0. The maximum atomic E-state index is 12.7. The molecule has 7 heteroatoms. The van der Waals surface area contributed by atoms with E-state index >= 15 is 0 Å². The number of amides is 1. The Morgan fingerprint density at radius 2 is 2.22 bits per heavy atom. The number of esters is 1. The molecule has 7 nitrogen and oxygen atoms in total. The highest BCUT2D eigenvalue weighted by Gasteiger charge is 2.31. The van der Waals surface area contributed by atoms with Crippen LogP contribution in [0.3, 0.4) is 0 Å². The Hall–Kier alpha value is -2.57. The van der Waals surface area contributed by atoms with Crippen LogP contribution in [0.4, 0.5) is 4.79 Å². The van der Waals surface area contributed by atoms with Gasteiger partial charge >= 0.3 is 12.0 Å². The highest BCUT2D eigenvalue weighted by atomic mass is 16.5. The smallest absolute Gasteiger partial charge is 0.330 e. The summed E-state index contributed by atoms with van der Waals surface area (Å²) >= 11 is 0. The summed E-state index contributed by atoms with van der Waals surface area (Å²) in [6.07, 6.45) is 6.17. The van der Waals surface area contributed by atoms with E-state index in [9.17, 15) is 9.59 Å². The number of furan rings is 1. The average molecular weight is 319 g/mol. The summed E-state index contributed by atoms with van der Waals surface area (Å²) in [6.45, 7) is 5.57. The lowest BCUT2D eigenvalue weighted by Gasteiger charge is -2.29. The first-order valence-corrected chi connectivity index (χ1v) is 7.54. The Kier molecular flexibility index (Phi) is 5.56. The van der Waals surface area contributed by atoms with E-state index in [4.69, 9.17) is 9.15 Å². The van der Waals surface area contributed by atoms with Crippen molar-refractivity contribution in [3.05, 3.63) is 42.9 Å². The van der Waals surface area contributed by atoms with Crippen molar-refractivity contribution in [2.75, 3.05) is 0 Å². The predicted molar refractivity (Wildman–Crippen MR) is 82.6 cm³/mol. The molecule has 0 fully saturated rings. The number of carbonyl (C=O) groups excluding carboxylic acids is 2. The SMILES string of the molecule is CCC(C(=O)OC(C)C)N(Cc1ccco1)C(=O)n1ccnc1. The van der Waals surface area contributed by atoms with E-state index < -0.39 is 12.0 Å². The van der Waals surface area contributed by atoms with E-state index in [0.29, 0.717) is 12.2 Å². The molecule has 0 saturated heterocycles. The lowest BCUT2D eigenvalue weighted by molar-refractivity contribution is -0.153. The van der Waals surface area contributed by atoms with Gasteiger partial charge in [-0.05, 0) is 32.4 Å². The van der Waals surface area contributed by atoms with Crippen molar-refractivity contribution >= 4 is 12.0 Å². The van der Waals surface area contributed by atoms with Crippen LogP contribution in [-0.2, 0) is 16.1 Å². The van der Waals surface area contributed by atoms with Crippen LogP contribution in [0.25, 0.3) is 0 Å². The van der Waals surface area contributed by atoms with E-state index in [2.05, 4.69) is 4.98 Å². The fourth-order valence-corrected chi connectivity index (χ4v) is 2.23. The molecule has 2 aromatic rings. The molecule has 23 heavy (non-hydrogen) atoms. The zero-order valence-electron chi connectivity index (χ0n) is 13.5. The van der Waals surface area contributed by atoms with Gasteiger partial charge < -0.3 is 14.1 Å². The minimum atomic E-state index is -0.697. The number of nitrogens with zero attached hydrogens (tertiary/aromatic N) is 3. The Morgan fingerprint density at radius 1 is 1.43 bits per heavy atom. The van der Waals surface area contributed by atoms with Crippen LogP contribution in [-0.4, -0.2) is 38.6 Å². The van der Waals surface area contributed by atoms with Crippen LogP contribution in [0.2, 0.25) is 0 Å². The molecular weight excluding hydrogens is 298 g/mol.